The van der Waals surface area contributed by atoms with Gasteiger partial charge in [-0.05, 0) is 63.7 Å². The van der Waals surface area contributed by atoms with Crippen molar-refractivity contribution in [2.45, 2.75) is 52.1 Å². The summed E-state index contributed by atoms with van der Waals surface area (Å²) in [5, 5.41) is 5.82. The highest BCUT2D eigenvalue weighted by Gasteiger charge is 2.31. The van der Waals surface area contributed by atoms with Gasteiger partial charge in [0.2, 0.25) is 5.91 Å². The topological polar surface area (TPSA) is 64.7 Å². The van der Waals surface area contributed by atoms with Crippen molar-refractivity contribution < 1.29 is 14.0 Å². The number of urea groups is 1. The Kier molecular flexibility index (Phi) is 8.03. The number of halogens is 1. The maximum Gasteiger partial charge on any atom is 0.315 e. The zero-order valence-electron chi connectivity index (χ0n) is 16.5. The summed E-state index contributed by atoms with van der Waals surface area (Å²) in [5.74, 6) is -0.409. The molecule has 1 aliphatic heterocycles. The highest BCUT2D eigenvalue weighted by molar-refractivity contribution is 5.96. The molecule has 1 aromatic carbocycles. The van der Waals surface area contributed by atoms with Crippen molar-refractivity contribution in [2.24, 2.45) is 0 Å². The Morgan fingerprint density at radius 1 is 1.30 bits per heavy atom. The van der Waals surface area contributed by atoms with Gasteiger partial charge in [0.25, 0.3) is 0 Å². The van der Waals surface area contributed by atoms with Crippen LogP contribution >= 0.6 is 0 Å². The Balaban J connectivity index is 1.74. The first-order valence-electron chi connectivity index (χ1n) is 9.78. The first kappa shape index (κ1) is 21.2. The summed E-state index contributed by atoms with van der Waals surface area (Å²) in [4.78, 5) is 28.3. The molecule has 3 amide bonds. The molecule has 0 spiro atoms. The Bertz CT molecular complexity index is 619. The molecule has 1 saturated heterocycles. The smallest absolute Gasteiger partial charge is 0.315 e. The average molecular weight is 378 g/mol. The lowest BCUT2D eigenvalue weighted by molar-refractivity contribution is -0.117. The third-order valence-corrected chi connectivity index (χ3v) is 4.98. The number of anilines is 1. The van der Waals surface area contributed by atoms with Crippen molar-refractivity contribution in [3.8, 4) is 0 Å². The van der Waals surface area contributed by atoms with Crippen molar-refractivity contribution in [3.05, 3.63) is 30.1 Å². The van der Waals surface area contributed by atoms with Gasteiger partial charge >= 0.3 is 6.03 Å². The van der Waals surface area contributed by atoms with Gasteiger partial charge < -0.3 is 20.4 Å². The second-order valence-corrected chi connectivity index (χ2v) is 7.07. The molecule has 0 unspecified atom stereocenters. The van der Waals surface area contributed by atoms with E-state index < -0.39 is 0 Å². The number of rotatable bonds is 9. The van der Waals surface area contributed by atoms with E-state index in [0.29, 0.717) is 12.2 Å². The number of carbonyl (C=O) groups excluding carboxylic acids is 2. The van der Waals surface area contributed by atoms with Crippen molar-refractivity contribution in [3.63, 3.8) is 0 Å². The monoisotopic (exact) mass is 378 g/mol. The molecule has 1 aromatic rings. The molecule has 7 heteroatoms. The molecular formula is C20H31FN4O2. The molecule has 1 heterocycles. The second kappa shape index (κ2) is 10.3. The molecule has 6 nitrogen and oxygen atoms in total. The second-order valence-electron chi connectivity index (χ2n) is 7.07. The van der Waals surface area contributed by atoms with E-state index in [1.54, 1.807) is 17.0 Å². The number of hydrogen-bond acceptors (Lipinski definition) is 3. The normalized spacial score (nSPS) is 18.0. The fourth-order valence-corrected chi connectivity index (χ4v) is 3.36. The molecule has 150 valence electrons. The maximum atomic E-state index is 13.0. The van der Waals surface area contributed by atoms with Gasteiger partial charge in [-0.3, -0.25) is 4.79 Å². The van der Waals surface area contributed by atoms with E-state index >= 15 is 0 Å². The van der Waals surface area contributed by atoms with E-state index in [0.717, 1.165) is 32.5 Å². The fourth-order valence-electron chi connectivity index (χ4n) is 3.36. The van der Waals surface area contributed by atoms with Gasteiger partial charge in [0.15, 0.2) is 0 Å². The van der Waals surface area contributed by atoms with Crippen LogP contribution in [0.2, 0.25) is 0 Å². The van der Waals surface area contributed by atoms with Gasteiger partial charge in [0, 0.05) is 24.7 Å². The first-order chi connectivity index (χ1) is 12.9. The summed E-state index contributed by atoms with van der Waals surface area (Å²) in [7, 11) is 0. The van der Waals surface area contributed by atoms with Crippen molar-refractivity contribution in [1.29, 1.82) is 0 Å². The van der Waals surface area contributed by atoms with Crippen molar-refractivity contribution in [2.75, 3.05) is 31.1 Å². The molecule has 1 fully saturated rings. The SMILES string of the molecule is CCN(CC)CCC[C@@H](C)NC(=O)N[C@@H]1CC(=O)N(c2ccc(F)cc2)C1. The number of amides is 3. The third kappa shape index (κ3) is 6.50. The molecule has 27 heavy (non-hydrogen) atoms. The molecule has 0 radical (unpaired) electrons. The summed E-state index contributed by atoms with van der Waals surface area (Å²) < 4.78 is 13.0. The number of nitrogens with one attached hydrogen (secondary N) is 2. The van der Waals surface area contributed by atoms with Crippen LogP contribution in [0.5, 0.6) is 0 Å². The molecule has 2 atom stereocenters. The molecular weight excluding hydrogens is 347 g/mol. The molecule has 0 aromatic heterocycles. The van der Waals surface area contributed by atoms with Crippen molar-refractivity contribution >= 4 is 17.6 Å². The number of hydrogen-bond donors (Lipinski definition) is 2. The quantitative estimate of drug-likeness (QED) is 0.694. The van der Waals surface area contributed by atoms with Crippen LogP contribution in [0.3, 0.4) is 0 Å². The largest absolute Gasteiger partial charge is 0.336 e. The fraction of sp³-hybridized carbons (Fsp3) is 0.600. The molecule has 0 bridgehead atoms. The van der Waals surface area contributed by atoms with Crippen LogP contribution in [-0.4, -0.2) is 55.1 Å². The molecule has 0 saturated carbocycles. The lowest BCUT2D eigenvalue weighted by Gasteiger charge is -2.21. The first-order valence-corrected chi connectivity index (χ1v) is 9.78. The standard InChI is InChI=1S/C20H31FN4O2/c1-4-24(5-2)12-6-7-15(3)22-20(27)23-17-13-19(26)25(14-17)18-10-8-16(21)9-11-18/h8-11,15,17H,4-7,12-14H2,1-3H3,(H2,22,23,27)/t15-,17-/m1/s1. The van der Waals surface area contributed by atoms with Crippen LogP contribution in [0, 0.1) is 5.82 Å². The number of benzene rings is 1. The average Bonchev–Trinajstić information content (AvgIpc) is 2.99. The van der Waals surface area contributed by atoms with Crippen LogP contribution in [0.1, 0.15) is 40.0 Å². The van der Waals surface area contributed by atoms with Crippen LogP contribution in [-0.2, 0) is 4.79 Å². The predicted molar refractivity (Wildman–Crippen MR) is 105 cm³/mol. The van der Waals surface area contributed by atoms with Gasteiger partial charge in [0.1, 0.15) is 5.82 Å². The van der Waals surface area contributed by atoms with E-state index in [2.05, 4.69) is 29.4 Å². The highest BCUT2D eigenvalue weighted by atomic mass is 19.1. The summed E-state index contributed by atoms with van der Waals surface area (Å²) in [5.41, 5.74) is 0.649. The Hall–Kier alpha value is -2.15. The zero-order chi connectivity index (χ0) is 19.8. The minimum absolute atomic E-state index is 0.0702. The third-order valence-electron chi connectivity index (χ3n) is 4.98. The summed E-state index contributed by atoms with van der Waals surface area (Å²) in [6, 6.07) is 5.40. The molecule has 2 N–H and O–H groups in total. The minimum Gasteiger partial charge on any atom is -0.336 e. The number of nitrogens with zero attached hydrogens (tertiary/aromatic N) is 2. The molecule has 2 rings (SSSR count). The summed E-state index contributed by atoms with van der Waals surface area (Å²) in [6.07, 6.45) is 2.19. The van der Waals surface area contributed by atoms with Crippen molar-refractivity contribution in [1.82, 2.24) is 15.5 Å². The van der Waals surface area contributed by atoms with E-state index in [4.69, 9.17) is 0 Å². The zero-order valence-corrected chi connectivity index (χ0v) is 16.5. The lowest BCUT2D eigenvalue weighted by Crippen LogP contribution is -2.46. The lowest BCUT2D eigenvalue weighted by atomic mass is 10.2. The Labute approximate surface area is 161 Å². The number of carbonyl (C=O) groups is 2. The highest BCUT2D eigenvalue weighted by Crippen LogP contribution is 2.21. The minimum atomic E-state index is -0.338. The molecule has 0 aliphatic carbocycles. The van der Waals surface area contributed by atoms with Crippen LogP contribution in [0.25, 0.3) is 0 Å². The van der Waals surface area contributed by atoms with Crippen LogP contribution in [0.4, 0.5) is 14.9 Å². The summed E-state index contributed by atoms with van der Waals surface area (Å²) >= 11 is 0. The van der Waals surface area contributed by atoms with E-state index in [1.807, 2.05) is 6.92 Å². The maximum absolute atomic E-state index is 13.0. The van der Waals surface area contributed by atoms with Gasteiger partial charge in [-0.1, -0.05) is 13.8 Å². The summed E-state index contributed by atoms with van der Waals surface area (Å²) in [6.45, 7) is 9.80. The van der Waals surface area contributed by atoms with Gasteiger partial charge in [-0.15, -0.1) is 0 Å². The van der Waals surface area contributed by atoms with Gasteiger partial charge in [-0.25, -0.2) is 9.18 Å². The molecule has 1 aliphatic rings. The Morgan fingerprint density at radius 3 is 2.59 bits per heavy atom. The van der Waals surface area contributed by atoms with E-state index in [9.17, 15) is 14.0 Å². The van der Waals surface area contributed by atoms with Crippen LogP contribution < -0.4 is 15.5 Å². The van der Waals surface area contributed by atoms with Crippen LogP contribution in [0.15, 0.2) is 24.3 Å². The van der Waals surface area contributed by atoms with Gasteiger partial charge in [0.05, 0.1) is 6.04 Å². The van der Waals surface area contributed by atoms with E-state index in [1.165, 1.54) is 12.1 Å². The van der Waals surface area contributed by atoms with Gasteiger partial charge in [-0.2, -0.15) is 0 Å². The van der Waals surface area contributed by atoms with E-state index in [-0.39, 0.29) is 36.3 Å². The Morgan fingerprint density at radius 2 is 1.96 bits per heavy atom. The predicted octanol–water partition coefficient (Wildman–Crippen LogP) is 2.74.